The third kappa shape index (κ3) is 4.18. The van der Waals surface area contributed by atoms with Crippen molar-refractivity contribution in [3.05, 3.63) is 40.4 Å². The highest BCUT2D eigenvalue weighted by molar-refractivity contribution is 7.16. The number of pyridine rings is 1. The largest absolute Gasteiger partial charge is 0.321 e. The quantitative estimate of drug-likeness (QED) is 0.758. The van der Waals surface area contributed by atoms with Crippen LogP contribution in [0.25, 0.3) is 0 Å². The Kier molecular flexibility index (Phi) is 5.89. The molecule has 3 heterocycles. The fourth-order valence-corrected chi connectivity index (χ4v) is 5.42. The predicted octanol–water partition coefficient (Wildman–Crippen LogP) is 1.05. The van der Waals surface area contributed by atoms with Gasteiger partial charge in [-0.2, -0.15) is 5.26 Å². The average Bonchev–Trinajstić information content (AvgIpc) is 2.88. The maximum atomic E-state index is 12.6. The van der Waals surface area contributed by atoms with Crippen molar-refractivity contribution in [2.45, 2.75) is 32.1 Å². The molecule has 0 bridgehead atoms. The minimum Gasteiger partial charge on any atom is -0.321 e. The molecule has 4 rings (SSSR count). The van der Waals surface area contributed by atoms with E-state index in [1.54, 1.807) is 11.3 Å². The minimum absolute atomic E-state index is 0.0163. The van der Waals surface area contributed by atoms with Crippen LogP contribution in [0.3, 0.4) is 0 Å². The lowest BCUT2D eigenvalue weighted by atomic mass is 10.1. The van der Waals surface area contributed by atoms with E-state index in [-0.39, 0.29) is 5.91 Å². The van der Waals surface area contributed by atoms with Gasteiger partial charge in [0.25, 0.3) is 11.7 Å². The standard InChI is InChI=1S/C21H25N5OS/c22-14-17-16-6-2-1-3-7-18(16)28-21(17)24-20(27)15-25-10-12-26(13-11-25)19-8-4-5-9-23-19/h4-5,8-9H,1-3,6-7,10-13,15H2,(H,24,27)/p+2. The molecule has 0 saturated carbocycles. The number of rotatable bonds is 4. The van der Waals surface area contributed by atoms with Crippen LogP contribution in [-0.2, 0) is 17.6 Å². The Labute approximate surface area is 169 Å². The number of thiophene rings is 1. The molecule has 1 fully saturated rings. The van der Waals surface area contributed by atoms with Gasteiger partial charge in [0.05, 0.1) is 11.8 Å². The highest BCUT2D eigenvalue weighted by Gasteiger charge is 2.28. The van der Waals surface area contributed by atoms with Gasteiger partial charge in [0.1, 0.15) is 37.2 Å². The van der Waals surface area contributed by atoms with Crippen LogP contribution < -0.4 is 20.1 Å². The number of nitrogens with one attached hydrogen (secondary N) is 3. The number of amides is 1. The fourth-order valence-electron chi connectivity index (χ4n) is 4.17. The second-order valence-corrected chi connectivity index (χ2v) is 8.70. The molecular formula is C21H27N5OS+2. The van der Waals surface area contributed by atoms with Gasteiger partial charge in [-0.1, -0.05) is 12.5 Å². The maximum absolute atomic E-state index is 12.6. The maximum Gasteiger partial charge on any atom is 0.280 e. The molecule has 0 unspecified atom stereocenters. The van der Waals surface area contributed by atoms with Gasteiger partial charge in [0, 0.05) is 10.9 Å². The van der Waals surface area contributed by atoms with E-state index >= 15 is 0 Å². The number of quaternary nitrogens is 1. The average molecular weight is 398 g/mol. The van der Waals surface area contributed by atoms with E-state index in [4.69, 9.17) is 0 Å². The number of aryl methyl sites for hydroxylation is 1. The number of aromatic amines is 1. The Morgan fingerprint density at radius 1 is 1.25 bits per heavy atom. The Hall–Kier alpha value is -2.43. The third-order valence-electron chi connectivity index (χ3n) is 5.70. The van der Waals surface area contributed by atoms with Gasteiger partial charge < -0.3 is 10.2 Å². The Morgan fingerprint density at radius 2 is 2.07 bits per heavy atom. The molecule has 1 aliphatic heterocycles. The van der Waals surface area contributed by atoms with Crippen LogP contribution in [0.1, 0.15) is 35.3 Å². The molecule has 2 aromatic heterocycles. The van der Waals surface area contributed by atoms with Gasteiger partial charge in [-0.3, -0.25) is 9.69 Å². The number of piperazine rings is 1. The molecule has 7 heteroatoms. The van der Waals surface area contributed by atoms with Crippen LogP contribution in [0.5, 0.6) is 0 Å². The molecule has 146 valence electrons. The van der Waals surface area contributed by atoms with Gasteiger partial charge >= 0.3 is 0 Å². The number of carbonyl (C=O) groups is 1. The molecule has 1 saturated heterocycles. The van der Waals surface area contributed by atoms with Crippen LogP contribution in [0, 0.1) is 11.3 Å². The van der Waals surface area contributed by atoms with Crippen LogP contribution in [-0.4, -0.2) is 38.6 Å². The topological polar surface area (TPSA) is 74.7 Å². The first-order valence-corrected chi connectivity index (χ1v) is 11.0. The lowest BCUT2D eigenvalue weighted by Gasteiger charge is -2.27. The highest BCUT2D eigenvalue weighted by atomic mass is 32.1. The Bertz CT molecular complexity index is 865. The second kappa shape index (κ2) is 8.72. The van der Waals surface area contributed by atoms with Crippen molar-refractivity contribution < 1.29 is 14.7 Å². The fraction of sp³-hybridized carbons (Fsp3) is 0.476. The van der Waals surface area contributed by atoms with Crippen molar-refractivity contribution >= 4 is 28.1 Å². The SMILES string of the molecule is N#Cc1c(NC(=O)C[NH+]2CCN(c3cccc[nH+]3)CC2)sc2c1CCCCC2. The van der Waals surface area contributed by atoms with Gasteiger partial charge in [0.15, 0.2) is 6.54 Å². The zero-order valence-electron chi connectivity index (χ0n) is 16.1. The molecule has 3 N–H and O–H groups in total. The Morgan fingerprint density at radius 3 is 2.82 bits per heavy atom. The molecule has 0 spiro atoms. The number of nitrogens with zero attached hydrogens (tertiary/aromatic N) is 2. The van der Waals surface area contributed by atoms with Crippen molar-refractivity contribution in [3.8, 4) is 6.07 Å². The van der Waals surface area contributed by atoms with Gasteiger partial charge in [-0.05, 0) is 37.3 Å². The number of aromatic nitrogens is 1. The minimum atomic E-state index is 0.0163. The van der Waals surface area contributed by atoms with Gasteiger partial charge in [0.2, 0.25) is 0 Å². The number of fused-ring (bicyclic) bond motifs is 1. The summed E-state index contributed by atoms with van der Waals surface area (Å²) in [6.07, 6.45) is 7.49. The second-order valence-electron chi connectivity index (χ2n) is 7.59. The number of hydrogen-bond acceptors (Lipinski definition) is 4. The first-order valence-electron chi connectivity index (χ1n) is 10.1. The summed E-state index contributed by atoms with van der Waals surface area (Å²) in [5.74, 6) is 1.15. The predicted molar refractivity (Wildman–Crippen MR) is 110 cm³/mol. The van der Waals surface area contributed by atoms with Crippen molar-refractivity contribution in [1.82, 2.24) is 0 Å². The molecule has 6 nitrogen and oxygen atoms in total. The number of nitriles is 1. The molecule has 2 aromatic rings. The first-order chi connectivity index (χ1) is 13.7. The molecule has 0 atom stereocenters. The third-order valence-corrected chi connectivity index (χ3v) is 6.91. The van der Waals surface area contributed by atoms with Crippen LogP contribution in [0.4, 0.5) is 10.8 Å². The lowest BCUT2D eigenvalue weighted by Crippen LogP contribution is -3.15. The number of H-pyrrole nitrogens is 1. The van der Waals surface area contributed by atoms with E-state index in [1.807, 2.05) is 18.3 Å². The normalized spacial score (nSPS) is 17.5. The highest BCUT2D eigenvalue weighted by Crippen LogP contribution is 2.36. The Balaban J connectivity index is 1.34. The number of carbonyl (C=O) groups excluding carboxylic acids is 1. The summed E-state index contributed by atoms with van der Waals surface area (Å²) in [5.41, 5.74) is 1.88. The summed E-state index contributed by atoms with van der Waals surface area (Å²) in [5, 5.41) is 13.4. The molecule has 2 aliphatic rings. The zero-order chi connectivity index (χ0) is 19.3. The smallest absolute Gasteiger partial charge is 0.280 e. The summed E-state index contributed by atoms with van der Waals surface area (Å²) in [7, 11) is 0. The summed E-state index contributed by atoms with van der Waals surface area (Å²) in [4.78, 5) is 20.8. The molecule has 1 amide bonds. The molecule has 1 aliphatic carbocycles. The van der Waals surface area contributed by atoms with E-state index in [0.717, 1.165) is 56.3 Å². The summed E-state index contributed by atoms with van der Waals surface area (Å²) < 4.78 is 0. The summed E-state index contributed by atoms with van der Waals surface area (Å²) in [6.45, 7) is 4.18. The van der Waals surface area contributed by atoms with Gasteiger partial charge in [-0.25, -0.2) is 4.98 Å². The molecular weight excluding hydrogens is 370 g/mol. The molecule has 0 radical (unpaired) electrons. The van der Waals surface area contributed by atoms with Crippen molar-refractivity contribution in [1.29, 1.82) is 5.26 Å². The monoisotopic (exact) mass is 397 g/mol. The molecule has 28 heavy (non-hydrogen) atoms. The van der Waals surface area contributed by atoms with Crippen molar-refractivity contribution in [2.24, 2.45) is 0 Å². The first kappa shape index (κ1) is 18.9. The van der Waals surface area contributed by atoms with E-state index in [2.05, 4.69) is 27.3 Å². The van der Waals surface area contributed by atoms with Crippen LogP contribution in [0.2, 0.25) is 0 Å². The number of anilines is 2. The van der Waals surface area contributed by atoms with Crippen molar-refractivity contribution in [3.63, 3.8) is 0 Å². The lowest BCUT2D eigenvalue weighted by molar-refractivity contribution is -0.892. The van der Waals surface area contributed by atoms with Crippen LogP contribution >= 0.6 is 11.3 Å². The van der Waals surface area contributed by atoms with E-state index in [1.165, 1.54) is 28.2 Å². The van der Waals surface area contributed by atoms with Crippen molar-refractivity contribution in [2.75, 3.05) is 42.9 Å². The molecule has 0 aromatic carbocycles. The van der Waals surface area contributed by atoms with E-state index in [9.17, 15) is 10.1 Å². The zero-order valence-corrected chi connectivity index (χ0v) is 16.9. The summed E-state index contributed by atoms with van der Waals surface area (Å²) >= 11 is 1.61. The number of hydrogen-bond donors (Lipinski definition) is 2. The van der Waals surface area contributed by atoms with Crippen LogP contribution in [0.15, 0.2) is 24.4 Å². The van der Waals surface area contributed by atoms with E-state index < -0.39 is 0 Å². The van der Waals surface area contributed by atoms with E-state index in [0.29, 0.717) is 12.1 Å². The van der Waals surface area contributed by atoms with Gasteiger partial charge in [-0.15, -0.1) is 11.3 Å². The summed E-state index contributed by atoms with van der Waals surface area (Å²) in [6, 6.07) is 8.45.